The normalized spacial score (nSPS) is 18.6. The number of hydrogen-bond acceptors (Lipinski definition) is 4. The second-order valence-corrected chi connectivity index (χ2v) is 5.24. The van der Waals surface area contributed by atoms with Gasteiger partial charge in [-0.1, -0.05) is 6.07 Å². The SMILES string of the molecule is COc1cccc2c1nc(N)n2C1(C)CCOCC1. The molecule has 0 saturated carbocycles. The van der Waals surface area contributed by atoms with E-state index in [4.69, 9.17) is 15.2 Å². The molecule has 1 saturated heterocycles. The van der Waals surface area contributed by atoms with E-state index in [0.29, 0.717) is 5.95 Å². The third-order valence-electron chi connectivity index (χ3n) is 4.00. The predicted molar refractivity (Wildman–Crippen MR) is 74.4 cm³/mol. The Morgan fingerprint density at radius 3 is 2.79 bits per heavy atom. The maximum atomic E-state index is 6.15. The van der Waals surface area contributed by atoms with Crippen molar-refractivity contribution in [3.63, 3.8) is 0 Å². The second kappa shape index (κ2) is 4.42. The fourth-order valence-corrected chi connectivity index (χ4v) is 2.86. The molecule has 2 N–H and O–H groups in total. The molecule has 0 aliphatic carbocycles. The fraction of sp³-hybridized carbons (Fsp3) is 0.500. The number of rotatable bonds is 2. The highest BCUT2D eigenvalue weighted by atomic mass is 16.5. The molecule has 5 heteroatoms. The van der Waals surface area contributed by atoms with Crippen LogP contribution in [0.15, 0.2) is 18.2 Å². The first-order chi connectivity index (χ1) is 9.15. The number of benzene rings is 1. The Balaban J connectivity index is 2.20. The summed E-state index contributed by atoms with van der Waals surface area (Å²) < 4.78 is 13.0. The molecule has 1 aromatic heterocycles. The molecule has 2 heterocycles. The third-order valence-corrected chi connectivity index (χ3v) is 4.00. The lowest BCUT2D eigenvalue weighted by molar-refractivity contribution is 0.0320. The van der Waals surface area contributed by atoms with E-state index in [-0.39, 0.29) is 5.54 Å². The van der Waals surface area contributed by atoms with Crippen molar-refractivity contribution in [2.45, 2.75) is 25.3 Å². The number of methoxy groups -OCH3 is 1. The van der Waals surface area contributed by atoms with Crippen LogP contribution < -0.4 is 10.5 Å². The molecule has 0 radical (unpaired) electrons. The molecule has 19 heavy (non-hydrogen) atoms. The van der Waals surface area contributed by atoms with Gasteiger partial charge in [-0.3, -0.25) is 0 Å². The van der Waals surface area contributed by atoms with Crippen LogP contribution in [0.3, 0.4) is 0 Å². The summed E-state index contributed by atoms with van der Waals surface area (Å²) >= 11 is 0. The zero-order valence-electron chi connectivity index (χ0n) is 11.3. The van der Waals surface area contributed by atoms with Gasteiger partial charge in [0.2, 0.25) is 5.95 Å². The highest BCUT2D eigenvalue weighted by molar-refractivity contribution is 5.84. The molecule has 2 aromatic rings. The highest BCUT2D eigenvalue weighted by Gasteiger charge is 2.32. The lowest BCUT2D eigenvalue weighted by atomic mass is 9.92. The Morgan fingerprint density at radius 2 is 2.11 bits per heavy atom. The number of imidazole rings is 1. The van der Waals surface area contributed by atoms with Crippen molar-refractivity contribution in [1.82, 2.24) is 9.55 Å². The maximum absolute atomic E-state index is 6.15. The number of fused-ring (bicyclic) bond motifs is 1. The molecule has 1 aromatic carbocycles. The van der Waals surface area contributed by atoms with Crippen molar-refractivity contribution in [2.75, 3.05) is 26.1 Å². The number of nitrogen functional groups attached to an aromatic ring is 1. The first-order valence-electron chi connectivity index (χ1n) is 6.55. The van der Waals surface area contributed by atoms with Crippen molar-refractivity contribution in [1.29, 1.82) is 0 Å². The monoisotopic (exact) mass is 261 g/mol. The first kappa shape index (κ1) is 12.3. The Kier molecular flexibility index (Phi) is 2.86. The Hall–Kier alpha value is -1.75. The fourth-order valence-electron chi connectivity index (χ4n) is 2.86. The van der Waals surface area contributed by atoms with Gasteiger partial charge in [0.25, 0.3) is 0 Å². The van der Waals surface area contributed by atoms with E-state index < -0.39 is 0 Å². The van der Waals surface area contributed by atoms with Crippen molar-refractivity contribution < 1.29 is 9.47 Å². The van der Waals surface area contributed by atoms with Gasteiger partial charge in [-0.15, -0.1) is 0 Å². The molecule has 0 atom stereocenters. The highest BCUT2D eigenvalue weighted by Crippen LogP contribution is 2.36. The van der Waals surface area contributed by atoms with Crippen LogP contribution in [-0.2, 0) is 10.3 Å². The van der Waals surface area contributed by atoms with Crippen molar-refractivity contribution >= 4 is 17.0 Å². The van der Waals surface area contributed by atoms with Gasteiger partial charge in [-0.05, 0) is 31.9 Å². The summed E-state index contributed by atoms with van der Waals surface area (Å²) in [5.74, 6) is 1.31. The van der Waals surface area contributed by atoms with Gasteiger partial charge in [0, 0.05) is 18.8 Å². The minimum atomic E-state index is -0.0382. The molecule has 3 rings (SSSR count). The van der Waals surface area contributed by atoms with Gasteiger partial charge >= 0.3 is 0 Å². The molecular formula is C14H19N3O2. The molecule has 0 amide bonds. The average molecular weight is 261 g/mol. The number of aromatic nitrogens is 2. The number of ether oxygens (including phenoxy) is 2. The van der Waals surface area contributed by atoms with Crippen LogP contribution >= 0.6 is 0 Å². The quantitative estimate of drug-likeness (QED) is 0.899. The Labute approximate surface area is 112 Å². The summed E-state index contributed by atoms with van der Waals surface area (Å²) in [5, 5.41) is 0. The number of nitrogens with two attached hydrogens (primary N) is 1. The van der Waals surface area contributed by atoms with Crippen molar-refractivity contribution in [3.05, 3.63) is 18.2 Å². The molecule has 102 valence electrons. The molecule has 5 nitrogen and oxygen atoms in total. The molecular weight excluding hydrogens is 242 g/mol. The van der Waals surface area contributed by atoms with Gasteiger partial charge in [-0.2, -0.15) is 0 Å². The van der Waals surface area contributed by atoms with E-state index in [9.17, 15) is 0 Å². The van der Waals surface area contributed by atoms with Gasteiger partial charge < -0.3 is 19.8 Å². The summed E-state index contributed by atoms with van der Waals surface area (Å²) in [6.07, 6.45) is 1.89. The van der Waals surface area contributed by atoms with Crippen molar-refractivity contribution in [3.8, 4) is 5.75 Å². The van der Waals surface area contributed by atoms with Crippen LogP contribution in [0, 0.1) is 0 Å². The summed E-state index contributed by atoms with van der Waals surface area (Å²) in [4.78, 5) is 4.48. The van der Waals surface area contributed by atoms with Gasteiger partial charge in [0.15, 0.2) is 0 Å². The standard InChI is InChI=1S/C14H19N3O2/c1-14(6-8-19-9-7-14)17-10-4-3-5-11(18-2)12(10)16-13(17)15/h3-5H,6-9H2,1-2H3,(H2,15,16). The van der Waals surface area contributed by atoms with Gasteiger partial charge in [0.05, 0.1) is 12.6 Å². The predicted octanol–water partition coefficient (Wildman–Crippen LogP) is 2.15. The van der Waals surface area contributed by atoms with E-state index >= 15 is 0 Å². The lowest BCUT2D eigenvalue weighted by Crippen LogP contribution is -2.37. The maximum Gasteiger partial charge on any atom is 0.201 e. The van der Waals surface area contributed by atoms with Crippen LogP contribution in [0.5, 0.6) is 5.75 Å². The summed E-state index contributed by atoms with van der Waals surface area (Å²) in [6, 6.07) is 5.93. The number of anilines is 1. The first-order valence-corrected chi connectivity index (χ1v) is 6.55. The molecule has 1 aliphatic rings. The van der Waals surface area contributed by atoms with Crippen LogP contribution in [0.2, 0.25) is 0 Å². The largest absolute Gasteiger partial charge is 0.494 e. The summed E-state index contributed by atoms with van der Waals surface area (Å²) in [7, 11) is 1.65. The zero-order chi connectivity index (χ0) is 13.5. The lowest BCUT2D eigenvalue weighted by Gasteiger charge is -2.36. The molecule has 1 fully saturated rings. The molecule has 0 spiro atoms. The summed E-state index contributed by atoms with van der Waals surface area (Å²) in [6.45, 7) is 3.74. The van der Waals surface area contributed by atoms with Crippen LogP contribution in [0.1, 0.15) is 19.8 Å². The van der Waals surface area contributed by atoms with E-state index in [1.807, 2.05) is 18.2 Å². The zero-order valence-corrected chi connectivity index (χ0v) is 11.3. The van der Waals surface area contributed by atoms with E-state index in [2.05, 4.69) is 16.5 Å². The number of hydrogen-bond donors (Lipinski definition) is 1. The van der Waals surface area contributed by atoms with E-state index in [1.54, 1.807) is 7.11 Å². The Morgan fingerprint density at radius 1 is 1.37 bits per heavy atom. The number of nitrogens with zero attached hydrogens (tertiary/aromatic N) is 2. The van der Waals surface area contributed by atoms with Gasteiger partial charge in [0.1, 0.15) is 11.3 Å². The minimum Gasteiger partial charge on any atom is -0.494 e. The van der Waals surface area contributed by atoms with E-state index in [1.165, 1.54) is 0 Å². The van der Waals surface area contributed by atoms with Crippen molar-refractivity contribution in [2.24, 2.45) is 0 Å². The topological polar surface area (TPSA) is 62.3 Å². The van der Waals surface area contributed by atoms with E-state index in [0.717, 1.165) is 42.8 Å². The second-order valence-electron chi connectivity index (χ2n) is 5.24. The van der Waals surface area contributed by atoms with Crippen LogP contribution in [0.4, 0.5) is 5.95 Å². The molecule has 0 unspecified atom stereocenters. The van der Waals surface area contributed by atoms with Crippen LogP contribution in [0.25, 0.3) is 11.0 Å². The Bertz CT molecular complexity index is 600. The van der Waals surface area contributed by atoms with Crippen LogP contribution in [-0.4, -0.2) is 29.9 Å². The molecule has 0 bridgehead atoms. The summed E-state index contributed by atoms with van der Waals surface area (Å²) in [5.41, 5.74) is 7.97. The van der Waals surface area contributed by atoms with Gasteiger partial charge in [-0.25, -0.2) is 4.98 Å². The molecule has 1 aliphatic heterocycles. The smallest absolute Gasteiger partial charge is 0.201 e. The number of para-hydroxylation sites is 1. The minimum absolute atomic E-state index is 0.0382. The third kappa shape index (κ3) is 1.85. The average Bonchev–Trinajstić information content (AvgIpc) is 2.76.